The Bertz CT molecular complexity index is 448. The van der Waals surface area contributed by atoms with Gasteiger partial charge >= 0.3 is 6.18 Å². The lowest BCUT2D eigenvalue weighted by Gasteiger charge is -2.09. The molecule has 19 heavy (non-hydrogen) atoms. The minimum atomic E-state index is -4.51. The minimum Gasteiger partial charge on any atom is -0.497 e. The van der Waals surface area contributed by atoms with Gasteiger partial charge in [0, 0.05) is 6.07 Å². The smallest absolute Gasteiger partial charge is 0.411 e. The van der Waals surface area contributed by atoms with E-state index in [4.69, 9.17) is 4.74 Å². The molecule has 0 radical (unpaired) electrons. The molecule has 0 aliphatic rings. The van der Waals surface area contributed by atoms with Gasteiger partial charge in [0.15, 0.2) is 0 Å². The van der Waals surface area contributed by atoms with E-state index in [2.05, 4.69) is 10.1 Å². The van der Waals surface area contributed by atoms with E-state index < -0.39 is 31.1 Å². The molecule has 0 unspecified atom stereocenters. The summed E-state index contributed by atoms with van der Waals surface area (Å²) in [7, 11) is 1.35. The molecule has 0 heterocycles. The number of benzene rings is 1. The van der Waals surface area contributed by atoms with E-state index in [0.717, 1.165) is 6.07 Å². The molecule has 0 aliphatic heterocycles. The maximum atomic E-state index is 13.3. The first-order valence-corrected chi connectivity index (χ1v) is 5.09. The van der Waals surface area contributed by atoms with Crippen molar-refractivity contribution in [1.82, 2.24) is 0 Å². The van der Waals surface area contributed by atoms with E-state index >= 15 is 0 Å². The Kier molecular flexibility index (Phi) is 5.11. The van der Waals surface area contributed by atoms with Gasteiger partial charge in [0.2, 0.25) is 5.91 Å². The SMILES string of the molecule is COc1ccc(F)c(NC(=O)COCC(F)(F)F)c1. The topological polar surface area (TPSA) is 47.6 Å². The zero-order valence-electron chi connectivity index (χ0n) is 9.88. The van der Waals surface area contributed by atoms with Gasteiger partial charge in [-0.2, -0.15) is 13.2 Å². The first-order chi connectivity index (χ1) is 8.81. The van der Waals surface area contributed by atoms with E-state index in [1.54, 1.807) is 0 Å². The lowest BCUT2D eigenvalue weighted by molar-refractivity contribution is -0.174. The highest BCUT2D eigenvalue weighted by atomic mass is 19.4. The molecule has 0 saturated heterocycles. The van der Waals surface area contributed by atoms with Crippen molar-refractivity contribution < 1.29 is 31.8 Å². The van der Waals surface area contributed by atoms with Crippen LogP contribution in [0.2, 0.25) is 0 Å². The molecule has 0 aromatic heterocycles. The summed E-state index contributed by atoms with van der Waals surface area (Å²) in [5.41, 5.74) is -0.194. The molecular formula is C11H11F4NO3. The fraction of sp³-hybridized carbons (Fsp3) is 0.364. The Morgan fingerprint density at radius 2 is 2.05 bits per heavy atom. The standard InChI is InChI=1S/C11H11F4NO3/c1-18-7-2-3-8(12)9(4-7)16-10(17)5-19-6-11(13,14)15/h2-4H,5-6H2,1H3,(H,16,17). The van der Waals surface area contributed by atoms with Crippen LogP contribution in [0, 0.1) is 5.82 Å². The zero-order valence-corrected chi connectivity index (χ0v) is 9.88. The van der Waals surface area contributed by atoms with Crippen LogP contribution < -0.4 is 10.1 Å². The molecular weight excluding hydrogens is 270 g/mol. The second-order valence-electron chi connectivity index (χ2n) is 3.50. The average molecular weight is 281 g/mol. The van der Waals surface area contributed by atoms with E-state index in [1.807, 2.05) is 0 Å². The Morgan fingerprint density at radius 1 is 1.37 bits per heavy atom. The molecule has 0 aliphatic carbocycles. The van der Waals surface area contributed by atoms with Crippen molar-refractivity contribution in [2.24, 2.45) is 0 Å². The molecule has 0 spiro atoms. The molecule has 1 aromatic carbocycles. The zero-order chi connectivity index (χ0) is 14.5. The van der Waals surface area contributed by atoms with Gasteiger partial charge in [-0.3, -0.25) is 4.79 Å². The van der Waals surface area contributed by atoms with Crippen molar-refractivity contribution in [2.75, 3.05) is 25.6 Å². The third-order valence-corrected chi connectivity index (χ3v) is 1.95. The van der Waals surface area contributed by atoms with Gasteiger partial charge in [-0.25, -0.2) is 4.39 Å². The van der Waals surface area contributed by atoms with Gasteiger partial charge in [-0.15, -0.1) is 0 Å². The number of rotatable bonds is 5. The first-order valence-electron chi connectivity index (χ1n) is 5.09. The molecule has 0 bridgehead atoms. The highest BCUT2D eigenvalue weighted by molar-refractivity contribution is 5.92. The summed E-state index contributed by atoms with van der Waals surface area (Å²) in [6.45, 7) is -2.36. The number of carbonyl (C=O) groups excluding carboxylic acids is 1. The van der Waals surface area contributed by atoms with E-state index in [0.29, 0.717) is 5.75 Å². The van der Waals surface area contributed by atoms with E-state index in [1.165, 1.54) is 19.2 Å². The van der Waals surface area contributed by atoms with Crippen LogP contribution in [0.4, 0.5) is 23.2 Å². The van der Waals surface area contributed by atoms with E-state index in [9.17, 15) is 22.4 Å². The number of hydrogen-bond acceptors (Lipinski definition) is 3. The van der Waals surface area contributed by atoms with Gasteiger partial charge in [0.1, 0.15) is 24.8 Å². The predicted molar refractivity (Wildman–Crippen MR) is 58.5 cm³/mol. The average Bonchev–Trinajstić information content (AvgIpc) is 2.30. The fourth-order valence-electron chi connectivity index (χ4n) is 1.17. The number of anilines is 1. The number of carbonyl (C=O) groups is 1. The van der Waals surface area contributed by atoms with Gasteiger partial charge in [-0.1, -0.05) is 0 Å². The van der Waals surface area contributed by atoms with Crippen LogP contribution in [0.25, 0.3) is 0 Å². The lowest BCUT2D eigenvalue weighted by atomic mass is 10.3. The Hall–Kier alpha value is -1.83. The van der Waals surface area contributed by atoms with Crippen LogP contribution in [0.1, 0.15) is 0 Å². The second-order valence-corrected chi connectivity index (χ2v) is 3.50. The summed E-state index contributed by atoms with van der Waals surface area (Å²) >= 11 is 0. The lowest BCUT2D eigenvalue weighted by Crippen LogP contribution is -2.24. The van der Waals surface area contributed by atoms with Gasteiger partial charge < -0.3 is 14.8 Å². The van der Waals surface area contributed by atoms with Crippen molar-refractivity contribution in [3.05, 3.63) is 24.0 Å². The van der Waals surface area contributed by atoms with Crippen molar-refractivity contribution in [3.63, 3.8) is 0 Å². The van der Waals surface area contributed by atoms with E-state index in [-0.39, 0.29) is 5.69 Å². The van der Waals surface area contributed by atoms with Crippen molar-refractivity contribution in [2.45, 2.75) is 6.18 Å². The normalized spacial score (nSPS) is 11.2. The van der Waals surface area contributed by atoms with Crippen LogP contribution in [-0.2, 0) is 9.53 Å². The number of nitrogens with one attached hydrogen (secondary N) is 1. The number of alkyl halides is 3. The van der Waals surface area contributed by atoms with Crippen LogP contribution >= 0.6 is 0 Å². The largest absolute Gasteiger partial charge is 0.497 e. The molecule has 4 nitrogen and oxygen atoms in total. The molecule has 8 heteroatoms. The number of amides is 1. The maximum absolute atomic E-state index is 13.3. The second kappa shape index (κ2) is 6.37. The summed E-state index contributed by atoms with van der Waals surface area (Å²) < 4.78 is 57.5. The van der Waals surface area contributed by atoms with Crippen LogP contribution in [0.15, 0.2) is 18.2 Å². The number of hydrogen-bond donors (Lipinski definition) is 1. The third kappa shape index (κ3) is 5.56. The number of methoxy groups -OCH3 is 1. The van der Waals surface area contributed by atoms with Crippen LogP contribution in [0.5, 0.6) is 5.75 Å². The summed E-state index contributed by atoms with van der Waals surface area (Å²) in [5.74, 6) is -1.32. The molecule has 1 N–H and O–H groups in total. The molecule has 1 aromatic rings. The Balaban J connectivity index is 2.52. The van der Waals surface area contributed by atoms with Crippen molar-refractivity contribution in [1.29, 1.82) is 0 Å². The predicted octanol–water partition coefficient (Wildman–Crippen LogP) is 2.35. The fourth-order valence-corrected chi connectivity index (χ4v) is 1.17. The summed E-state index contributed by atoms with van der Waals surface area (Å²) in [5, 5.41) is 2.08. The number of ether oxygens (including phenoxy) is 2. The van der Waals surface area contributed by atoms with Gasteiger partial charge in [-0.05, 0) is 12.1 Å². The quantitative estimate of drug-likeness (QED) is 0.843. The monoisotopic (exact) mass is 281 g/mol. The van der Waals surface area contributed by atoms with Crippen LogP contribution in [0.3, 0.4) is 0 Å². The first kappa shape index (κ1) is 15.2. The van der Waals surface area contributed by atoms with Crippen molar-refractivity contribution in [3.8, 4) is 5.75 Å². The molecule has 1 amide bonds. The molecule has 106 valence electrons. The molecule has 1 rings (SSSR count). The highest BCUT2D eigenvalue weighted by Gasteiger charge is 2.27. The van der Waals surface area contributed by atoms with Gasteiger partial charge in [0.25, 0.3) is 0 Å². The Morgan fingerprint density at radius 3 is 2.63 bits per heavy atom. The summed E-state index contributed by atoms with van der Waals surface area (Å²) in [4.78, 5) is 11.2. The molecule has 0 fully saturated rings. The third-order valence-electron chi connectivity index (χ3n) is 1.95. The molecule has 0 atom stereocenters. The maximum Gasteiger partial charge on any atom is 0.411 e. The molecule has 0 saturated carbocycles. The number of halogens is 4. The summed E-state index contributed by atoms with van der Waals surface area (Å²) in [6.07, 6.45) is -4.51. The minimum absolute atomic E-state index is 0.194. The Labute approximate surface area is 106 Å². The van der Waals surface area contributed by atoms with Gasteiger partial charge in [0.05, 0.1) is 12.8 Å². The van der Waals surface area contributed by atoms with Crippen molar-refractivity contribution >= 4 is 11.6 Å². The highest BCUT2D eigenvalue weighted by Crippen LogP contribution is 2.21. The summed E-state index contributed by atoms with van der Waals surface area (Å²) in [6, 6.07) is 3.60. The van der Waals surface area contributed by atoms with Crippen LogP contribution in [-0.4, -0.2) is 32.4 Å².